The average molecular weight is 377 g/mol. The molecule has 7 nitrogen and oxygen atoms in total. The summed E-state index contributed by atoms with van der Waals surface area (Å²) >= 11 is 0. The molecule has 0 bridgehead atoms. The Morgan fingerprint density at radius 3 is 2.14 bits per heavy atom. The quantitative estimate of drug-likeness (QED) is 0.541. The Morgan fingerprint density at radius 1 is 0.893 bits per heavy atom. The molecule has 0 radical (unpaired) electrons. The summed E-state index contributed by atoms with van der Waals surface area (Å²) in [7, 11) is 0. The zero-order valence-corrected chi connectivity index (χ0v) is 15.8. The van der Waals surface area contributed by atoms with Gasteiger partial charge in [0, 0.05) is 18.2 Å². The van der Waals surface area contributed by atoms with Gasteiger partial charge in [0.05, 0.1) is 28.0 Å². The van der Waals surface area contributed by atoms with Crippen LogP contribution < -0.4 is 5.32 Å². The van der Waals surface area contributed by atoms with Crippen molar-refractivity contribution in [2.75, 3.05) is 11.9 Å². The Kier molecular flexibility index (Phi) is 5.44. The van der Waals surface area contributed by atoms with E-state index in [-0.39, 0.29) is 18.3 Å². The number of carbonyl (C=O) groups excluding carboxylic acids is 3. The molecular weight excluding hydrogens is 358 g/mol. The van der Waals surface area contributed by atoms with Gasteiger partial charge in [0.15, 0.2) is 12.4 Å². The Morgan fingerprint density at radius 2 is 1.50 bits per heavy atom. The Balaban J connectivity index is 1.66. The average Bonchev–Trinajstić information content (AvgIpc) is 2.66. The van der Waals surface area contributed by atoms with E-state index in [2.05, 4.69) is 15.3 Å². The smallest absolute Gasteiger partial charge is 0.338 e. The molecule has 1 heterocycles. The molecule has 3 rings (SSSR count). The van der Waals surface area contributed by atoms with E-state index in [9.17, 15) is 14.4 Å². The van der Waals surface area contributed by atoms with Crippen molar-refractivity contribution in [1.29, 1.82) is 0 Å². The molecule has 0 atom stereocenters. The number of carbonyl (C=O) groups is 3. The number of rotatable bonds is 5. The molecular formula is C21H19N3O4. The minimum Gasteiger partial charge on any atom is -0.454 e. The number of hydrogen-bond acceptors (Lipinski definition) is 6. The third kappa shape index (κ3) is 4.37. The van der Waals surface area contributed by atoms with E-state index >= 15 is 0 Å². The van der Waals surface area contributed by atoms with Gasteiger partial charge in [-0.3, -0.25) is 9.59 Å². The predicted octanol–water partition coefficient (Wildman–Crippen LogP) is 3.24. The molecule has 3 aromatic rings. The fraction of sp³-hybridized carbons (Fsp3) is 0.190. The molecule has 0 aliphatic heterocycles. The van der Waals surface area contributed by atoms with Crippen molar-refractivity contribution in [3.63, 3.8) is 0 Å². The minimum absolute atomic E-state index is 0.196. The Bertz CT molecular complexity index is 1070. The van der Waals surface area contributed by atoms with Crippen LogP contribution in [-0.2, 0) is 9.53 Å². The molecule has 0 fully saturated rings. The van der Waals surface area contributed by atoms with E-state index in [1.165, 1.54) is 6.92 Å². The number of fused-ring (bicyclic) bond motifs is 1. The van der Waals surface area contributed by atoms with Crippen molar-refractivity contribution in [2.24, 2.45) is 0 Å². The Labute approximate surface area is 161 Å². The van der Waals surface area contributed by atoms with Gasteiger partial charge >= 0.3 is 5.97 Å². The van der Waals surface area contributed by atoms with Gasteiger partial charge in [-0.1, -0.05) is 0 Å². The fourth-order valence-corrected chi connectivity index (χ4v) is 2.60. The van der Waals surface area contributed by atoms with Crippen LogP contribution in [0.4, 0.5) is 5.69 Å². The van der Waals surface area contributed by atoms with E-state index in [1.54, 1.807) is 42.5 Å². The number of nitrogens with one attached hydrogen (secondary N) is 1. The van der Waals surface area contributed by atoms with Gasteiger partial charge in [-0.15, -0.1) is 0 Å². The molecule has 2 aromatic carbocycles. The van der Waals surface area contributed by atoms with E-state index in [4.69, 9.17) is 4.74 Å². The van der Waals surface area contributed by atoms with Crippen LogP contribution in [0.1, 0.15) is 39.0 Å². The molecule has 1 aromatic heterocycles. The second-order valence-electron chi connectivity index (χ2n) is 6.36. The highest BCUT2D eigenvalue weighted by Gasteiger charge is 2.13. The van der Waals surface area contributed by atoms with Crippen molar-refractivity contribution >= 4 is 34.4 Å². The predicted molar refractivity (Wildman–Crippen MR) is 104 cm³/mol. The van der Waals surface area contributed by atoms with Crippen LogP contribution in [0.3, 0.4) is 0 Å². The van der Waals surface area contributed by atoms with E-state index in [0.29, 0.717) is 27.8 Å². The van der Waals surface area contributed by atoms with E-state index < -0.39 is 5.97 Å². The van der Waals surface area contributed by atoms with Crippen LogP contribution in [0.25, 0.3) is 11.0 Å². The first kappa shape index (κ1) is 19.2. The largest absolute Gasteiger partial charge is 0.454 e. The van der Waals surface area contributed by atoms with Crippen LogP contribution in [0, 0.1) is 13.8 Å². The summed E-state index contributed by atoms with van der Waals surface area (Å²) in [6.07, 6.45) is 0. The summed E-state index contributed by atoms with van der Waals surface area (Å²) in [5.41, 5.74) is 4.18. The molecule has 7 heteroatoms. The number of benzene rings is 2. The first-order valence-electron chi connectivity index (χ1n) is 8.66. The van der Waals surface area contributed by atoms with Gasteiger partial charge < -0.3 is 10.1 Å². The first-order chi connectivity index (χ1) is 13.3. The molecule has 1 N–H and O–H groups in total. The summed E-state index contributed by atoms with van der Waals surface area (Å²) in [4.78, 5) is 44.4. The minimum atomic E-state index is -0.606. The summed E-state index contributed by atoms with van der Waals surface area (Å²) in [5, 5.41) is 2.62. The fourth-order valence-electron chi connectivity index (χ4n) is 2.60. The number of ketones is 1. The van der Waals surface area contributed by atoms with Gasteiger partial charge in [-0.05, 0) is 56.3 Å². The zero-order chi connectivity index (χ0) is 20.3. The monoisotopic (exact) mass is 377 g/mol. The lowest BCUT2D eigenvalue weighted by molar-refractivity contribution is -0.114. The molecule has 0 saturated heterocycles. The number of aromatic nitrogens is 2. The first-order valence-corrected chi connectivity index (χ1v) is 8.66. The normalized spacial score (nSPS) is 10.5. The molecule has 28 heavy (non-hydrogen) atoms. The lowest BCUT2D eigenvalue weighted by Gasteiger charge is -2.07. The summed E-state index contributed by atoms with van der Waals surface area (Å²) in [5.74, 6) is -1.14. The molecule has 142 valence electrons. The molecule has 1 amide bonds. The van der Waals surface area contributed by atoms with Gasteiger partial charge in [0.25, 0.3) is 0 Å². The number of anilines is 1. The number of esters is 1. The van der Waals surface area contributed by atoms with E-state index in [1.807, 2.05) is 13.8 Å². The molecule has 0 aliphatic carbocycles. The zero-order valence-electron chi connectivity index (χ0n) is 15.8. The van der Waals surface area contributed by atoms with Crippen molar-refractivity contribution in [2.45, 2.75) is 20.8 Å². The molecule has 0 aliphatic rings. The van der Waals surface area contributed by atoms with E-state index in [0.717, 1.165) is 11.4 Å². The molecule has 0 unspecified atom stereocenters. The van der Waals surface area contributed by atoms with Gasteiger partial charge in [0.2, 0.25) is 5.91 Å². The van der Waals surface area contributed by atoms with Crippen molar-refractivity contribution in [3.05, 3.63) is 65.0 Å². The van der Waals surface area contributed by atoms with Crippen molar-refractivity contribution < 1.29 is 19.1 Å². The number of aryl methyl sites for hydroxylation is 2. The summed E-state index contributed by atoms with van der Waals surface area (Å²) < 4.78 is 5.14. The maximum Gasteiger partial charge on any atom is 0.338 e. The molecule has 0 spiro atoms. The van der Waals surface area contributed by atoms with Crippen molar-refractivity contribution in [3.8, 4) is 0 Å². The number of hydrogen-bond donors (Lipinski definition) is 1. The number of amides is 1. The maximum absolute atomic E-state index is 12.3. The number of ether oxygens (including phenoxy) is 1. The van der Waals surface area contributed by atoms with Crippen LogP contribution >= 0.6 is 0 Å². The van der Waals surface area contributed by atoms with Gasteiger partial charge in [-0.2, -0.15) is 0 Å². The SMILES string of the molecule is CC(=O)Nc1ccc(C(=O)COC(=O)c2ccc3nc(C)c(C)nc3c2)cc1. The number of nitrogens with zero attached hydrogens (tertiary/aromatic N) is 2. The molecule has 0 saturated carbocycles. The van der Waals surface area contributed by atoms with Gasteiger partial charge in [-0.25, -0.2) is 14.8 Å². The standard InChI is InChI=1S/C21H19N3O4/c1-12-13(2)23-19-10-16(6-9-18(19)22-12)21(27)28-11-20(26)15-4-7-17(8-5-15)24-14(3)25/h4-10H,11H2,1-3H3,(H,24,25). The topological polar surface area (TPSA) is 98.2 Å². The van der Waals surface area contributed by atoms with Crippen LogP contribution in [0.2, 0.25) is 0 Å². The highest BCUT2D eigenvalue weighted by atomic mass is 16.5. The lowest BCUT2D eigenvalue weighted by atomic mass is 10.1. The van der Waals surface area contributed by atoms with Crippen LogP contribution in [-0.4, -0.2) is 34.2 Å². The summed E-state index contributed by atoms with van der Waals surface area (Å²) in [6.45, 7) is 4.75. The second-order valence-corrected chi connectivity index (χ2v) is 6.36. The van der Waals surface area contributed by atoms with Crippen LogP contribution in [0.5, 0.6) is 0 Å². The maximum atomic E-state index is 12.3. The lowest BCUT2D eigenvalue weighted by Crippen LogP contribution is -2.14. The summed E-state index contributed by atoms with van der Waals surface area (Å²) in [6, 6.07) is 11.3. The highest BCUT2D eigenvalue weighted by molar-refractivity contribution is 6.00. The highest BCUT2D eigenvalue weighted by Crippen LogP contribution is 2.16. The van der Waals surface area contributed by atoms with Crippen molar-refractivity contribution in [1.82, 2.24) is 9.97 Å². The number of Topliss-reactive ketones (excluding diaryl/α,β-unsaturated/α-hetero) is 1. The Hall–Kier alpha value is -3.61. The third-order valence-electron chi connectivity index (χ3n) is 4.17. The second kappa shape index (κ2) is 7.96. The third-order valence-corrected chi connectivity index (χ3v) is 4.17. The van der Waals surface area contributed by atoms with Gasteiger partial charge in [0.1, 0.15) is 0 Å². The van der Waals surface area contributed by atoms with Crippen LogP contribution in [0.15, 0.2) is 42.5 Å².